The summed E-state index contributed by atoms with van der Waals surface area (Å²) in [4.78, 5) is 35.4. The lowest BCUT2D eigenvalue weighted by Gasteiger charge is -2.33. The Labute approximate surface area is 197 Å². The fraction of sp³-hybridized carbons (Fsp3) is 0.222. The van der Waals surface area contributed by atoms with E-state index in [1.165, 1.54) is 13.8 Å². The van der Waals surface area contributed by atoms with E-state index in [0.29, 0.717) is 22.8 Å². The Morgan fingerprint density at radius 1 is 0.853 bits per heavy atom. The Morgan fingerprint density at radius 2 is 1.50 bits per heavy atom. The minimum Gasteiger partial charge on any atom is -0.492 e. The van der Waals surface area contributed by atoms with E-state index in [1.807, 2.05) is 42.5 Å². The van der Waals surface area contributed by atoms with E-state index in [4.69, 9.17) is 18.9 Å². The smallest absolute Gasteiger partial charge is 0.310 e. The molecule has 0 fully saturated rings. The Morgan fingerprint density at radius 3 is 2.18 bits per heavy atom. The van der Waals surface area contributed by atoms with Crippen molar-refractivity contribution in [2.75, 3.05) is 6.61 Å². The topological polar surface area (TPSA) is 88.1 Å². The van der Waals surface area contributed by atoms with Crippen LogP contribution in [0.15, 0.2) is 72.8 Å². The largest absolute Gasteiger partial charge is 0.492 e. The van der Waals surface area contributed by atoms with Crippen molar-refractivity contribution in [3.63, 3.8) is 0 Å². The number of esters is 3. The van der Waals surface area contributed by atoms with Gasteiger partial charge in [-0.25, -0.2) is 0 Å². The number of benzene rings is 3. The summed E-state index contributed by atoms with van der Waals surface area (Å²) in [5.74, 6) is -0.231. The van der Waals surface area contributed by atoms with Gasteiger partial charge in [-0.3, -0.25) is 14.4 Å². The molecule has 0 radical (unpaired) electrons. The van der Waals surface area contributed by atoms with Crippen LogP contribution in [-0.2, 0) is 25.5 Å². The van der Waals surface area contributed by atoms with E-state index in [2.05, 4.69) is 0 Å². The van der Waals surface area contributed by atoms with Gasteiger partial charge in [0, 0.05) is 25.5 Å². The molecule has 2 unspecified atom stereocenters. The van der Waals surface area contributed by atoms with Crippen molar-refractivity contribution < 1.29 is 33.3 Å². The van der Waals surface area contributed by atoms with Crippen LogP contribution < -0.4 is 14.2 Å². The average molecular weight is 460 g/mol. The number of carbonyl (C=O) groups is 3. The minimum absolute atomic E-state index is 0.136. The molecule has 3 aromatic carbocycles. The van der Waals surface area contributed by atoms with Crippen LogP contribution in [0.4, 0.5) is 0 Å². The predicted octanol–water partition coefficient (Wildman–Crippen LogP) is 4.54. The third-order valence-electron chi connectivity index (χ3n) is 5.36. The Bertz CT molecular complexity index is 1190. The predicted molar refractivity (Wildman–Crippen MR) is 123 cm³/mol. The van der Waals surface area contributed by atoms with E-state index in [1.54, 1.807) is 30.3 Å². The molecule has 3 aromatic rings. The van der Waals surface area contributed by atoms with Crippen LogP contribution >= 0.6 is 0 Å². The molecule has 1 heterocycles. The monoisotopic (exact) mass is 460 g/mol. The van der Waals surface area contributed by atoms with Gasteiger partial charge < -0.3 is 18.9 Å². The molecule has 0 bridgehead atoms. The fourth-order valence-corrected chi connectivity index (χ4v) is 3.90. The summed E-state index contributed by atoms with van der Waals surface area (Å²) in [5.41, 5.74) is 2.40. The van der Waals surface area contributed by atoms with Crippen LogP contribution in [0.25, 0.3) is 0 Å². The molecule has 1 aliphatic heterocycles. The molecule has 4 rings (SSSR count). The van der Waals surface area contributed by atoms with Crippen LogP contribution in [0.3, 0.4) is 0 Å². The highest BCUT2D eigenvalue weighted by atomic mass is 16.6. The van der Waals surface area contributed by atoms with Crippen LogP contribution in [-0.4, -0.2) is 24.5 Å². The maximum absolute atomic E-state index is 12.9. The number of rotatable bonds is 6. The SMILES string of the molecule is CC(=O)Oc1ccc(C2COc3cc(OC(C)=O)ccc3C2OC(=O)Cc2ccccc2)cc1. The standard InChI is InChI=1S/C27H24O7/c1-17(28)32-21-10-8-20(9-11-21)24-16-31-25-15-22(33-18(2)29)12-13-23(25)27(24)34-26(30)14-19-6-4-3-5-7-19/h3-13,15,24,27H,14,16H2,1-2H3. The van der Waals surface area contributed by atoms with Crippen LogP contribution in [0.2, 0.25) is 0 Å². The molecule has 0 aliphatic carbocycles. The quantitative estimate of drug-likeness (QED) is 0.394. The normalized spacial score (nSPS) is 16.5. The molecule has 7 heteroatoms. The Hall–Kier alpha value is -4.13. The summed E-state index contributed by atoms with van der Waals surface area (Å²) in [6, 6.07) is 21.4. The first-order valence-electron chi connectivity index (χ1n) is 10.9. The molecule has 34 heavy (non-hydrogen) atoms. The van der Waals surface area contributed by atoms with E-state index >= 15 is 0 Å². The maximum Gasteiger partial charge on any atom is 0.310 e. The van der Waals surface area contributed by atoms with Gasteiger partial charge in [0.2, 0.25) is 0 Å². The van der Waals surface area contributed by atoms with Crippen molar-refractivity contribution in [3.8, 4) is 17.2 Å². The zero-order valence-corrected chi connectivity index (χ0v) is 18.9. The zero-order chi connectivity index (χ0) is 24.1. The third kappa shape index (κ3) is 5.61. The Kier molecular flexibility index (Phi) is 6.92. The van der Waals surface area contributed by atoms with E-state index < -0.39 is 18.0 Å². The fourth-order valence-electron chi connectivity index (χ4n) is 3.90. The number of hydrogen-bond acceptors (Lipinski definition) is 7. The molecule has 0 saturated carbocycles. The van der Waals surface area contributed by atoms with Gasteiger partial charge in [0.15, 0.2) is 0 Å². The van der Waals surface area contributed by atoms with Gasteiger partial charge in [0.1, 0.15) is 23.4 Å². The van der Waals surface area contributed by atoms with Crippen molar-refractivity contribution in [1.82, 2.24) is 0 Å². The van der Waals surface area contributed by atoms with Crippen LogP contribution in [0.1, 0.15) is 42.6 Å². The summed E-state index contributed by atoms with van der Waals surface area (Å²) in [6.45, 7) is 2.91. The van der Waals surface area contributed by atoms with E-state index in [-0.39, 0.29) is 24.9 Å². The molecule has 174 valence electrons. The van der Waals surface area contributed by atoms with Crippen molar-refractivity contribution in [1.29, 1.82) is 0 Å². The van der Waals surface area contributed by atoms with Crippen molar-refractivity contribution in [2.45, 2.75) is 32.3 Å². The van der Waals surface area contributed by atoms with Crippen molar-refractivity contribution >= 4 is 17.9 Å². The highest BCUT2D eigenvalue weighted by molar-refractivity contribution is 5.73. The first kappa shape index (κ1) is 23.0. The van der Waals surface area contributed by atoms with Gasteiger partial charge in [0.25, 0.3) is 0 Å². The van der Waals surface area contributed by atoms with Crippen LogP contribution in [0.5, 0.6) is 17.2 Å². The molecule has 2 atom stereocenters. The van der Waals surface area contributed by atoms with Gasteiger partial charge in [-0.05, 0) is 35.4 Å². The van der Waals surface area contributed by atoms with Gasteiger partial charge >= 0.3 is 17.9 Å². The summed E-state index contributed by atoms with van der Waals surface area (Å²) < 4.78 is 22.2. The summed E-state index contributed by atoms with van der Waals surface area (Å²) in [5, 5.41) is 0. The minimum atomic E-state index is -0.620. The molecular weight excluding hydrogens is 436 g/mol. The number of hydrogen-bond donors (Lipinski definition) is 0. The van der Waals surface area contributed by atoms with Crippen molar-refractivity contribution in [3.05, 3.63) is 89.5 Å². The molecule has 0 N–H and O–H groups in total. The molecule has 0 spiro atoms. The molecule has 0 aromatic heterocycles. The lowest BCUT2D eigenvalue weighted by atomic mass is 9.87. The highest BCUT2D eigenvalue weighted by Crippen LogP contribution is 2.44. The lowest BCUT2D eigenvalue weighted by Crippen LogP contribution is -2.28. The molecule has 7 nitrogen and oxygen atoms in total. The molecule has 1 aliphatic rings. The van der Waals surface area contributed by atoms with Crippen LogP contribution in [0, 0.1) is 0 Å². The van der Waals surface area contributed by atoms with Gasteiger partial charge in [-0.1, -0.05) is 42.5 Å². The van der Waals surface area contributed by atoms with E-state index in [9.17, 15) is 14.4 Å². The second-order valence-electron chi connectivity index (χ2n) is 7.95. The molecule has 0 amide bonds. The van der Waals surface area contributed by atoms with Gasteiger partial charge in [0.05, 0.1) is 18.9 Å². The maximum atomic E-state index is 12.9. The first-order valence-corrected chi connectivity index (χ1v) is 10.9. The highest BCUT2D eigenvalue weighted by Gasteiger charge is 2.35. The number of fused-ring (bicyclic) bond motifs is 1. The van der Waals surface area contributed by atoms with Crippen molar-refractivity contribution in [2.24, 2.45) is 0 Å². The number of carbonyl (C=O) groups excluding carboxylic acids is 3. The summed E-state index contributed by atoms with van der Waals surface area (Å²) >= 11 is 0. The molecular formula is C27H24O7. The lowest BCUT2D eigenvalue weighted by molar-refractivity contribution is -0.151. The van der Waals surface area contributed by atoms with E-state index in [0.717, 1.165) is 11.1 Å². The van der Waals surface area contributed by atoms with Gasteiger partial charge in [-0.15, -0.1) is 0 Å². The third-order valence-corrected chi connectivity index (χ3v) is 5.36. The summed E-state index contributed by atoms with van der Waals surface area (Å²) in [6.07, 6.45) is -0.483. The Balaban J connectivity index is 1.63. The number of ether oxygens (including phenoxy) is 4. The first-order chi connectivity index (χ1) is 16.4. The second-order valence-corrected chi connectivity index (χ2v) is 7.95. The molecule has 0 saturated heterocycles. The summed E-state index contributed by atoms with van der Waals surface area (Å²) in [7, 11) is 0. The average Bonchev–Trinajstić information content (AvgIpc) is 2.79. The van der Waals surface area contributed by atoms with Gasteiger partial charge in [-0.2, -0.15) is 0 Å². The second kappa shape index (κ2) is 10.2. The zero-order valence-electron chi connectivity index (χ0n) is 18.9.